The highest BCUT2D eigenvalue weighted by molar-refractivity contribution is 5.66. The smallest absolute Gasteiger partial charge is 0.303 e. The Morgan fingerprint density at radius 3 is 1.97 bits per heavy atom. The number of aliphatic carboxylic acids is 1. The number of hydrogen-bond acceptors (Lipinski definition) is 4. The summed E-state index contributed by atoms with van der Waals surface area (Å²) < 4.78 is 11.5. The molecular weight excluding hydrogens is 404 g/mol. The zero-order chi connectivity index (χ0) is 23.4. The van der Waals surface area contributed by atoms with E-state index in [2.05, 4.69) is 19.1 Å². The van der Waals surface area contributed by atoms with E-state index >= 15 is 0 Å². The number of ether oxygens (including phenoxy) is 2. The molecule has 2 atom stereocenters. The van der Waals surface area contributed by atoms with Crippen molar-refractivity contribution in [1.82, 2.24) is 0 Å². The molecule has 0 saturated heterocycles. The molecule has 0 aromatic heterocycles. The fourth-order valence-electron chi connectivity index (χ4n) is 3.91. The Hall–Kier alpha value is -1.88. The number of hydrogen-bond donors (Lipinski definition) is 1. The van der Waals surface area contributed by atoms with Crippen LogP contribution in [0.2, 0.25) is 0 Å². The molecule has 1 rings (SSSR count). The Kier molecular flexibility index (Phi) is 16.4. The van der Waals surface area contributed by atoms with Gasteiger partial charge in [0.05, 0.1) is 12.7 Å². The van der Waals surface area contributed by atoms with Gasteiger partial charge < -0.3 is 14.6 Å². The summed E-state index contributed by atoms with van der Waals surface area (Å²) in [6.45, 7) is 4.24. The molecule has 5 nitrogen and oxygen atoms in total. The first-order valence-electron chi connectivity index (χ1n) is 12.5. The molecule has 32 heavy (non-hydrogen) atoms. The van der Waals surface area contributed by atoms with Crippen LogP contribution in [-0.4, -0.2) is 29.3 Å². The van der Waals surface area contributed by atoms with Crippen molar-refractivity contribution in [2.45, 2.75) is 123 Å². The van der Waals surface area contributed by atoms with Gasteiger partial charge in [-0.15, -0.1) is 0 Å². The lowest BCUT2D eigenvalue weighted by atomic mass is 10.0. The van der Waals surface area contributed by atoms with Crippen LogP contribution < -0.4 is 0 Å². The minimum Gasteiger partial charge on any atom is -0.481 e. The summed E-state index contributed by atoms with van der Waals surface area (Å²) in [6, 6.07) is 10.2. The third kappa shape index (κ3) is 16.8. The van der Waals surface area contributed by atoms with Crippen molar-refractivity contribution in [2.75, 3.05) is 0 Å². The van der Waals surface area contributed by atoms with E-state index in [1.165, 1.54) is 44.6 Å². The topological polar surface area (TPSA) is 72.8 Å². The van der Waals surface area contributed by atoms with Gasteiger partial charge in [-0.3, -0.25) is 9.59 Å². The highest BCUT2D eigenvalue weighted by Gasteiger charge is 2.13. The Labute approximate surface area is 194 Å². The van der Waals surface area contributed by atoms with Crippen molar-refractivity contribution >= 4 is 11.9 Å². The minimum atomic E-state index is -0.692. The van der Waals surface area contributed by atoms with E-state index < -0.39 is 5.97 Å². The van der Waals surface area contributed by atoms with Crippen LogP contribution in [0.15, 0.2) is 30.3 Å². The molecule has 1 aromatic carbocycles. The molecule has 0 heterocycles. The minimum absolute atomic E-state index is 0.0167. The molecule has 0 amide bonds. The number of rotatable bonds is 20. The second-order valence-electron chi connectivity index (χ2n) is 8.88. The Balaban J connectivity index is 2.06. The fraction of sp³-hybridized carbons (Fsp3) is 0.704. The van der Waals surface area contributed by atoms with E-state index in [-0.39, 0.29) is 18.2 Å². The quantitative estimate of drug-likeness (QED) is 0.171. The van der Waals surface area contributed by atoms with Crippen molar-refractivity contribution in [1.29, 1.82) is 0 Å². The number of unbranched alkanes of at least 4 members (excludes halogenated alkanes) is 8. The zero-order valence-electron chi connectivity index (χ0n) is 20.2. The van der Waals surface area contributed by atoms with Crippen LogP contribution in [0.1, 0.15) is 109 Å². The highest BCUT2D eigenvalue weighted by atomic mass is 16.5. The first-order chi connectivity index (χ1) is 15.5. The van der Waals surface area contributed by atoms with E-state index in [0.29, 0.717) is 13.0 Å². The molecule has 1 aromatic rings. The second-order valence-corrected chi connectivity index (χ2v) is 8.88. The summed E-state index contributed by atoms with van der Waals surface area (Å²) in [6.07, 6.45) is 14.4. The average molecular weight is 449 g/mol. The van der Waals surface area contributed by atoms with E-state index in [1.807, 2.05) is 18.2 Å². The number of benzene rings is 1. The van der Waals surface area contributed by atoms with Crippen LogP contribution in [-0.2, 0) is 25.7 Å². The highest BCUT2D eigenvalue weighted by Crippen LogP contribution is 2.17. The van der Waals surface area contributed by atoms with Gasteiger partial charge in [-0.25, -0.2) is 0 Å². The van der Waals surface area contributed by atoms with Crippen LogP contribution in [0.4, 0.5) is 0 Å². The SMILES string of the molecule is CC(=O)OC(CCCCCCCCCCCC(=O)O)CCCC(C)OCc1ccccc1. The molecular formula is C27H44O5. The molecule has 5 heteroatoms. The van der Waals surface area contributed by atoms with Gasteiger partial charge in [-0.2, -0.15) is 0 Å². The maximum atomic E-state index is 11.5. The first kappa shape index (κ1) is 28.2. The number of carboxylic acid groups (broad SMARTS) is 1. The fourth-order valence-corrected chi connectivity index (χ4v) is 3.91. The molecule has 0 aliphatic heterocycles. The van der Waals surface area contributed by atoms with Crippen molar-refractivity contribution in [2.24, 2.45) is 0 Å². The largest absolute Gasteiger partial charge is 0.481 e. The van der Waals surface area contributed by atoms with Gasteiger partial charge in [0.25, 0.3) is 0 Å². The molecule has 2 unspecified atom stereocenters. The van der Waals surface area contributed by atoms with E-state index in [0.717, 1.165) is 51.4 Å². The predicted octanol–water partition coefficient (Wildman–Crippen LogP) is 7.07. The maximum Gasteiger partial charge on any atom is 0.303 e. The molecule has 0 radical (unpaired) electrons. The average Bonchev–Trinajstić information content (AvgIpc) is 2.76. The zero-order valence-corrected chi connectivity index (χ0v) is 20.2. The summed E-state index contributed by atoms with van der Waals surface area (Å²) >= 11 is 0. The monoisotopic (exact) mass is 448 g/mol. The van der Waals surface area contributed by atoms with Crippen molar-refractivity contribution < 1.29 is 24.2 Å². The van der Waals surface area contributed by atoms with Crippen molar-refractivity contribution in [3.05, 3.63) is 35.9 Å². The van der Waals surface area contributed by atoms with E-state index in [4.69, 9.17) is 14.6 Å². The van der Waals surface area contributed by atoms with Gasteiger partial charge in [0, 0.05) is 13.3 Å². The van der Waals surface area contributed by atoms with Crippen LogP contribution in [0.3, 0.4) is 0 Å². The summed E-state index contributed by atoms with van der Waals surface area (Å²) in [5.41, 5.74) is 1.19. The van der Waals surface area contributed by atoms with Crippen LogP contribution in [0.25, 0.3) is 0 Å². The number of carbonyl (C=O) groups excluding carboxylic acids is 1. The van der Waals surface area contributed by atoms with Crippen LogP contribution in [0.5, 0.6) is 0 Å². The first-order valence-corrected chi connectivity index (χ1v) is 12.5. The Morgan fingerprint density at radius 1 is 0.812 bits per heavy atom. The second kappa shape index (κ2) is 18.7. The molecule has 0 spiro atoms. The van der Waals surface area contributed by atoms with E-state index in [1.54, 1.807) is 0 Å². The summed E-state index contributed by atoms with van der Waals surface area (Å²) in [5, 5.41) is 8.62. The number of carboxylic acids is 1. The van der Waals surface area contributed by atoms with Gasteiger partial charge in [0.15, 0.2) is 0 Å². The standard InChI is InChI=1S/C27H44O5/c1-23(31-22-25-17-11-10-12-18-25)16-15-20-26(32-24(2)28)19-13-8-6-4-3-5-7-9-14-21-27(29)30/h10-12,17-18,23,26H,3-9,13-16,19-22H2,1-2H3,(H,29,30). The predicted molar refractivity (Wildman–Crippen MR) is 129 cm³/mol. The van der Waals surface area contributed by atoms with Gasteiger partial charge in [0.1, 0.15) is 6.10 Å². The van der Waals surface area contributed by atoms with Crippen LogP contribution in [0, 0.1) is 0 Å². The molecule has 182 valence electrons. The maximum absolute atomic E-state index is 11.5. The molecule has 0 aliphatic rings. The normalized spacial score (nSPS) is 12.9. The molecule has 1 N–H and O–H groups in total. The van der Waals surface area contributed by atoms with Crippen molar-refractivity contribution in [3.63, 3.8) is 0 Å². The lowest BCUT2D eigenvalue weighted by molar-refractivity contribution is -0.147. The lowest BCUT2D eigenvalue weighted by Gasteiger charge is -2.18. The van der Waals surface area contributed by atoms with Gasteiger partial charge in [-0.1, -0.05) is 75.3 Å². The van der Waals surface area contributed by atoms with Crippen molar-refractivity contribution in [3.8, 4) is 0 Å². The Bertz CT molecular complexity index is 601. The third-order valence-electron chi connectivity index (χ3n) is 5.76. The van der Waals surface area contributed by atoms with Gasteiger partial charge in [-0.05, 0) is 51.0 Å². The van der Waals surface area contributed by atoms with Gasteiger partial charge in [0.2, 0.25) is 0 Å². The summed E-state index contributed by atoms with van der Waals surface area (Å²) in [4.78, 5) is 21.9. The van der Waals surface area contributed by atoms with E-state index in [9.17, 15) is 9.59 Å². The Morgan fingerprint density at radius 2 is 1.38 bits per heavy atom. The van der Waals surface area contributed by atoms with Crippen LogP contribution >= 0.6 is 0 Å². The summed E-state index contributed by atoms with van der Waals surface area (Å²) in [5.74, 6) is -0.880. The molecule has 0 bridgehead atoms. The lowest BCUT2D eigenvalue weighted by Crippen LogP contribution is -2.17. The third-order valence-corrected chi connectivity index (χ3v) is 5.76. The molecule has 0 aliphatic carbocycles. The number of esters is 1. The van der Waals surface area contributed by atoms with Gasteiger partial charge >= 0.3 is 11.9 Å². The molecule has 0 fully saturated rings. The summed E-state index contributed by atoms with van der Waals surface area (Å²) in [7, 11) is 0. The molecule has 0 saturated carbocycles. The number of carbonyl (C=O) groups is 2.